The molecule has 0 aliphatic heterocycles. The Labute approximate surface area is 90.8 Å². The number of carbonyl (C=O) groups is 1. The molecule has 14 heavy (non-hydrogen) atoms. The molecule has 0 saturated heterocycles. The molecule has 1 N–H and O–H groups in total. The Morgan fingerprint density at radius 2 is 2.29 bits per heavy atom. The molecule has 0 atom stereocenters. The van der Waals surface area contributed by atoms with Crippen LogP contribution in [0.4, 0.5) is 0 Å². The first-order chi connectivity index (χ1) is 6.59. The fraction of sp³-hybridized carbons (Fsp3) is 0.300. The Hall–Kier alpha value is -1.03. The summed E-state index contributed by atoms with van der Waals surface area (Å²) in [4.78, 5) is 10.5. The van der Waals surface area contributed by atoms with Crippen molar-refractivity contribution in [2.45, 2.75) is 13.3 Å². The van der Waals surface area contributed by atoms with E-state index in [1.165, 1.54) is 6.92 Å². The third-order valence-electron chi connectivity index (χ3n) is 1.71. The van der Waals surface area contributed by atoms with Crippen molar-refractivity contribution >= 4 is 21.9 Å². The van der Waals surface area contributed by atoms with Gasteiger partial charge < -0.3 is 9.84 Å². The number of phenolic OH excluding ortho intramolecular Hbond substituents is 1. The van der Waals surface area contributed by atoms with Gasteiger partial charge in [-0.25, -0.2) is 0 Å². The van der Waals surface area contributed by atoms with E-state index < -0.39 is 0 Å². The molecule has 4 heteroatoms. The first-order valence-corrected chi connectivity index (χ1v) is 4.99. The molecule has 0 aliphatic rings. The largest absolute Gasteiger partial charge is 0.507 e. The Balaban J connectivity index is 2.51. The van der Waals surface area contributed by atoms with Gasteiger partial charge in [-0.2, -0.15) is 0 Å². The van der Waals surface area contributed by atoms with E-state index in [-0.39, 0.29) is 11.7 Å². The van der Waals surface area contributed by atoms with Gasteiger partial charge in [-0.3, -0.25) is 4.79 Å². The highest BCUT2D eigenvalue weighted by Crippen LogP contribution is 2.24. The monoisotopic (exact) mass is 258 g/mol. The number of carbonyl (C=O) groups excluding carboxylic acids is 1. The van der Waals surface area contributed by atoms with Gasteiger partial charge in [0.1, 0.15) is 5.75 Å². The van der Waals surface area contributed by atoms with Gasteiger partial charge in [0.2, 0.25) is 0 Å². The van der Waals surface area contributed by atoms with Gasteiger partial charge in [-0.1, -0.05) is 6.07 Å². The molecular formula is C10H11BrO3. The van der Waals surface area contributed by atoms with Gasteiger partial charge in [0, 0.05) is 13.3 Å². The Bertz CT molecular complexity index is 336. The molecule has 1 aromatic carbocycles. The molecule has 0 saturated carbocycles. The number of esters is 1. The summed E-state index contributed by atoms with van der Waals surface area (Å²) in [5.41, 5.74) is 1.01. The zero-order chi connectivity index (χ0) is 10.6. The van der Waals surface area contributed by atoms with E-state index in [9.17, 15) is 9.90 Å². The predicted octanol–water partition coefficient (Wildman–Crippen LogP) is 2.26. The lowest BCUT2D eigenvalue weighted by Gasteiger charge is -2.03. The molecule has 0 radical (unpaired) electrons. The quantitative estimate of drug-likeness (QED) is 0.847. The van der Waals surface area contributed by atoms with Crippen molar-refractivity contribution in [2.75, 3.05) is 6.61 Å². The summed E-state index contributed by atoms with van der Waals surface area (Å²) in [6.45, 7) is 1.75. The van der Waals surface area contributed by atoms with Gasteiger partial charge >= 0.3 is 5.97 Å². The zero-order valence-corrected chi connectivity index (χ0v) is 9.37. The van der Waals surface area contributed by atoms with E-state index in [1.807, 2.05) is 0 Å². The van der Waals surface area contributed by atoms with Crippen LogP contribution in [0.5, 0.6) is 5.75 Å². The van der Waals surface area contributed by atoms with Gasteiger partial charge in [0.05, 0.1) is 11.1 Å². The summed E-state index contributed by atoms with van der Waals surface area (Å²) >= 11 is 3.21. The van der Waals surface area contributed by atoms with Crippen molar-refractivity contribution in [3.63, 3.8) is 0 Å². The predicted molar refractivity (Wildman–Crippen MR) is 56.1 cm³/mol. The number of benzene rings is 1. The van der Waals surface area contributed by atoms with Gasteiger partial charge in [-0.05, 0) is 33.6 Å². The smallest absolute Gasteiger partial charge is 0.302 e. The molecule has 1 rings (SSSR count). The van der Waals surface area contributed by atoms with Crippen LogP contribution in [0, 0.1) is 0 Å². The topological polar surface area (TPSA) is 46.5 Å². The first kappa shape index (κ1) is 11.0. The third-order valence-corrected chi connectivity index (χ3v) is 2.34. The number of ether oxygens (including phenoxy) is 1. The standard InChI is InChI=1S/C10H11BrO3/c1-7(12)14-5-4-8-2-3-10(13)9(11)6-8/h2-3,6,13H,4-5H2,1H3. The number of aromatic hydroxyl groups is 1. The second-order valence-electron chi connectivity index (χ2n) is 2.88. The number of rotatable bonds is 3. The highest BCUT2D eigenvalue weighted by molar-refractivity contribution is 9.10. The van der Waals surface area contributed by atoms with Crippen molar-refractivity contribution in [3.8, 4) is 5.75 Å². The molecule has 3 nitrogen and oxygen atoms in total. The minimum Gasteiger partial charge on any atom is -0.507 e. The van der Waals surface area contributed by atoms with E-state index in [0.717, 1.165) is 5.56 Å². The second kappa shape index (κ2) is 5.00. The van der Waals surface area contributed by atoms with E-state index in [1.54, 1.807) is 18.2 Å². The van der Waals surface area contributed by atoms with Crippen molar-refractivity contribution in [2.24, 2.45) is 0 Å². The molecule has 0 aromatic heterocycles. The number of phenols is 1. The van der Waals surface area contributed by atoms with E-state index in [2.05, 4.69) is 15.9 Å². The summed E-state index contributed by atoms with van der Waals surface area (Å²) in [6, 6.07) is 5.20. The van der Waals surface area contributed by atoms with E-state index in [4.69, 9.17) is 4.74 Å². The minimum absolute atomic E-state index is 0.209. The van der Waals surface area contributed by atoms with E-state index >= 15 is 0 Å². The van der Waals surface area contributed by atoms with Crippen LogP contribution in [0.25, 0.3) is 0 Å². The van der Waals surface area contributed by atoms with Crippen LogP contribution < -0.4 is 0 Å². The van der Waals surface area contributed by atoms with Crippen LogP contribution in [0.1, 0.15) is 12.5 Å². The maximum Gasteiger partial charge on any atom is 0.302 e. The molecule has 0 fully saturated rings. The fourth-order valence-electron chi connectivity index (χ4n) is 1.02. The van der Waals surface area contributed by atoms with Gasteiger partial charge in [0.25, 0.3) is 0 Å². The Morgan fingerprint density at radius 1 is 1.57 bits per heavy atom. The summed E-state index contributed by atoms with van der Waals surface area (Å²) in [6.07, 6.45) is 0.651. The lowest BCUT2D eigenvalue weighted by molar-refractivity contribution is -0.140. The maximum absolute atomic E-state index is 10.5. The zero-order valence-electron chi connectivity index (χ0n) is 7.79. The molecule has 0 spiro atoms. The first-order valence-electron chi connectivity index (χ1n) is 4.20. The maximum atomic E-state index is 10.5. The Morgan fingerprint density at radius 3 is 2.86 bits per heavy atom. The summed E-state index contributed by atoms with van der Waals surface area (Å²) in [5, 5.41) is 9.23. The van der Waals surface area contributed by atoms with Gasteiger partial charge in [-0.15, -0.1) is 0 Å². The molecule has 0 heterocycles. The highest BCUT2D eigenvalue weighted by Gasteiger charge is 2.00. The summed E-state index contributed by atoms with van der Waals surface area (Å²) in [7, 11) is 0. The van der Waals surface area contributed by atoms with Crippen molar-refractivity contribution < 1.29 is 14.6 Å². The average molecular weight is 259 g/mol. The SMILES string of the molecule is CC(=O)OCCc1ccc(O)c(Br)c1. The van der Waals surface area contributed by atoms with Crippen molar-refractivity contribution in [1.82, 2.24) is 0 Å². The molecule has 76 valence electrons. The van der Waals surface area contributed by atoms with Crippen LogP contribution in [0.2, 0.25) is 0 Å². The number of hydrogen-bond donors (Lipinski definition) is 1. The Kier molecular flexibility index (Phi) is 3.95. The van der Waals surface area contributed by atoms with Crippen molar-refractivity contribution in [3.05, 3.63) is 28.2 Å². The molecule has 1 aromatic rings. The summed E-state index contributed by atoms with van der Waals surface area (Å²) in [5.74, 6) is -0.0657. The lowest BCUT2D eigenvalue weighted by atomic mass is 10.1. The highest BCUT2D eigenvalue weighted by atomic mass is 79.9. The third kappa shape index (κ3) is 3.38. The minimum atomic E-state index is -0.275. The van der Waals surface area contributed by atoms with Crippen LogP contribution >= 0.6 is 15.9 Å². The van der Waals surface area contributed by atoms with Crippen molar-refractivity contribution in [1.29, 1.82) is 0 Å². The lowest BCUT2D eigenvalue weighted by Crippen LogP contribution is -2.03. The van der Waals surface area contributed by atoms with Crippen LogP contribution in [0.15, 0.2) is 22.7 Å². The number of halogens is 1. The molecular weight excluding hydrogens is 248 g/mol. The normalized spacial score (nSPS) is 9.86. The number of hydrogen-bond acceptors (Lipinski definition) is 3. The average Bonchev–Trinajstić information content (AvgIpc) is 2.10. The fourth-order valence-corrected chi connectivity index (χ4v) is 1.44. The summed E-state index contributed by atoms with van der Waals surface area (Å²) < 4.78 is 5.45. The van der Waals surface area contributed by atoms with Gasteiger partial charge in [0.15, 0.2) is 0 Å². The van der Waals surface area contributed by atoms with Crippen LogP contribution in [-0.2, 0) is 16.0 Å². The molecule has 0 aliphatic carbocycles. The molecule has 0 unspecified atom stereocenters. The molecule has 0 amide bonds. The molecule has 0 bridgehead atoms. The van der Waals surface area contributed by atoms with Crippen LogP contribution in [-0.4, -0.2) is 17.7 Å². The van der Waals surface area contributed by atoms with Crippen LogP contribution in [0.3, 0.4) is 0 Å². The van der Waals surface area contributed by atoms with E-state index in [0.29, 0.717) is 17.5 Å². The second-order valence-corrected chi connectivity index (χ2v) is 3.73.